The van der Waals surface area contributed by atoms with Crippen LogP contribution in [0.1, 0.15) is 400 Å². The maximum atomic E-state index is 7.69. The molecule has 1 aliphatic carbocycles. The smallest absolute Gasteiger partial charge is 0.267 e. The Morgan fingerprint density at radius 3 is 0.481 bits per heavy atom. The monoisotopic (exact) mass is 1460 g/mol. The first-order valence-electron chi connectivity index (χ1n) is 43.7. The molecule has 0 atom stereocenters. The van der Waals surface area contributed by atoms with Gasteiger partial charge in [-0.05, 0) is 49.9 Å². The fourth-order valence-electron chi connectivity index (χ4n) is 17.9. The van der Waals surface area contributed by atoms with Crippen LogP contribution in [0.5, 0.6) is 46.0 Å². The van der Waals surface area contributed by atoms with Crippen molar-refractivity contribution in [3.63, 3.8) is 0 Å². The topological polar surface area (TPSA) is 73.8 Å². The Morgan fingerprint density at radius 2 is 0.324 bits per heavy atom. The molecule has 8 aromatic carbocycles. The van der Waals surface area contributed by atoms with Gasteiger partial charge in [0, 0.05) is 115 Å². The molecular weight excluding hydrogens is 1330 g/mol. The first-order valence-corrected chi connectivity index (χ1v) is 43.7. The third-order valence-corrected chi connectivity index (χ3v) is 24.1. The maximum Gasteiger partial charge on any atom is 0.267 e. The molecule has 0 N–H and O–H groups in total. The molecule has 0 aromatic heterocycles. The SMILES string of the molecule is CCCCCCCCCCCC1c2cc3c4cc2OC(c2ccccc2)Oc2cc5c(cc21)C(CCCCCCCCCCC)c1cc2c(cc1OC(c1ccccc1)O5)OC(c1ccccc1)Oc1cc(c(cc1C2CCCCCCCCCCC)C3CCCCCCCCCCC)OC(c1ccccc1)O4. The van der Waals surface area contributed by atoms with Gasteiger partial charge in [0.2, 0.25) is 0 Å². The van der Waals surface area contributed by atoms with Gasteiger partial charge in [0.15, 0.2) is 0 Å². The summed E-state index contributed by atoms with van der Waals surface area (Å²) >= 11 is 0. The minimum absolute atomic E-state index is 0.127. The van der Waals surface area contributed by atoms with E-state index < -0.39 is 25.2 Å². The third-order valence-electron chi connectivity index (χ3n) is 24.1. The fourth-order valence-corrected chi connectivity index (χ4v) is 17.9. The zero-order valence-corrected chi connectivity index (χ0v) is 66.3. The Morgan fingerprint density at radius 1 is 0.176 bits per heavy atom. The highest BCUT2D eigenvalue weighted by molar-refractivity contribution is 5.65. The first kappa shape index (κ1) is 78.3. The molecule has 5 aliphatic rings. The van der Waals surface area contributed by atoms with Gasteiger partial charge in [0.1, 0.15) is 46.0 Å². The van der Waals surface area contributed by atoms with Crippen LogP contribution in [0.4, 0.5) is 0 Å². The van der Waals surface area contributed by atoms with Crippen molar-refractivity contribution in [1.82, 2.24) is 0 Å². The van der Waals surface area contributed by atoms with Gasteiger partial charge in [0.05, 0.1) is 0 Å². The average Bonchev–Trinajstić information content (AvgIpc) is 0.731. The molecule has 4 aliphatic heterocycles. The highest BCUT2D eigenvalue weighted by atomic mass is 16.7. The standard InChI is InChI=1S/C100H128O8/c1-5-9-13-17-21-25-29-33-49-61-77-81-65-83-78(62-50-34-30-26-22-18-14-10-6-2)85-67-87-80(64-52-36-32-28-24-20-16-12-8-4)88-68-86-79(63-51-35-31-27-23-19-15-11-7-3)84-66-82(77)90-70-92(84)104-99(75-57-45-39-46-58-75)106-94(86)72-96(88)108-100(76-59-47-40-48-60-76)107-95(87)71-93(85)105-98(74-55-43-38-44-56-74)103-91(83)69-89(81)101-97(102-90)73-53-41-37-42-54-73/h37-48,53-60,65-72,77-80,97-100H,5-36,49-52,61-64H2,1-4H3. The molecule has 0 fully saturated rings. The molecule has 0 saturated carbocycles. The van der Waals surface area contributed by atoms with E-state index in [1.54, 1.807) is 0 Å². The maximum absolute atomic E-state index is 7.69. The van der Waals surface area contributed by atoms with Crippen molar-refractivity contribution in [2.24, 2.45) is 0 Å². The number of rotatable bonds is 44. The van der Waals surface area contributed by atoms with Crippen molar-refractivity contribution in [2.75, 3.05) is 0 Å². The lowest BCUT2D eigenvalue weighted by Gasteiger charge is -2.38. The molecule has 576 valence electrons. The summed E-state index contributed by atoms with van der Waals surface area (Å²) in [6, 6.07) is 61.5. The number of ether oxygens (including phenoxy) is 8. The number of benzene rings is 8. The Hall–Kier alpha value is -7.84. The van der Waals surface area contributed by atoms with E-state index >= 15 is 0 Å². The van der Waals surface area contributed by atoms with Crippen molar-refractivity contribution >= 4 is 0 Å². The fraction of sp³-hybridized carbons (Fsp3) is 0.520. The van der Waals surface area contributed by atoms with E-state index in [2.05, 4.69) is 198 Å². The van der Waals surface area contributed by atoms with E-state index in [0.29, 0.717) is 0 Å². The van der Waals surface area contributed by atoms with Gasteiger partial charge in [-0.25, -0.2) is 0 Å². The van der Waals surface area contributed by atoms with Gasteiger partial charge in [-0.2, -0.15) is 0 Å². The quantitative estimate of drug-likeness (QED) is 0.0350. The highest BCUT2D eigenvalue weighted by Crippen LogP contribution is 2.58. The van der Waals surface area contributed by atoms with Crippen LogP contribution in [0.15, 0.2) is 170 Å². The number of unbranched alkanes of at least 4 members (excludes halogenated alkanes) is 32. The molecule has 108 heavy (non-hydrogen) atoms. The van der Waals surface area contributed by atoms with E-state index in [0.717, 1.165) is 145 Å². The molecule has 0 saturated heterocycles. The summed E-state index contributed by atoms with van der Waals surface area (Å²) in [6.45, 7) is 9.26. The van der Waals surface area contributed by atoms with E-state index in [4.69, 9.17) is 37.9 Å². The molecule has 0 radical (unpaired) electrons. The normalized spacial score (nSPS) is 19.1. The summed E-state index contributed by atoms with van der Waals surface area (Å²) in [5.41, 5.74) is 13.1. The molecule has 13 rings (SSSR count). The minimum Gasteiger partial charge on any atom is -0.450 e. The van der Waals surface area contributed by atoms with Crippen molar-refractivity contribution in [2.45, 2.75) is 333 Å². The van der Waals surface area contributed by atoms with E-state index in [1.807, 2.05) is 0 Å². The van der Waals surface area contributed by atoms with Crippen molar-refractivity contribution < 1.29 is 37.9 Å². The van der Waals surface area contributed by atoms with E-state index in [-0.39, 0.29) is 23.7 Å². The van der Waals surface area contributed by atoms with Gasteiger partial charge in [-0.3, -0.25) is 0 Å². The summed E-state index contributed by atoms with van der Waals surface area (Å²) in [4.78, 5) is 0. The van der Waals surface area contributed by atoms with Crippen molar-refractivity contribution in [3.8, 4) is 46.0 Å². The summed E-state index contributed by atoms with van der Waals surface area (Å²) in [5.74, 6) is 5.70. The second-order valence-electron chi connectivity index (χ2n) is 32.3. The summed E-state index contributed by atoms with van der Waals surface area (Å²) < 4.78 is 61.5. The lowest BCUT2D eigenvalue weighted by molar-refractivity contribution is -0.0120. The second kappa shape index (κ2) is 41.3. The largest absolute Gasteiger partial charge is 0.450 e. The molecule has 0 unspecified atom stereocenters. The van der Waals surface area contributed by atoms with Crippen LogP contribution in [0.3, 0.4) is 0 Å². The molecular formula is C100H128O8. The zero-order chi connectivity index (χ0) is 73.9. The van der Waals surface area contributed by atoms with Gasteiger partial charge in [-0.1, -0.05) is 380 Å². The average molecular weight is 1460 g/mol. The highest BCUT2D eigenvalue weighted by Gasteiger charge is 2.41. The van der Waals surface area contributed by atoms with Crippen LogP contribution in [0.25, 0.3) is 0 Å². The Kier molecular flexibility index (Phi) is 29.9. The lowest BCUT2D eigenvalue weighted by Crippen LogP contribution is -2.26. The third kappa shape index (κ3) is 20.6. The number of hydrogen-bond donors (Lipinski definition) is 0. The Balaban J connectivity index is 1.07. The summed E-state index contributed by atoms with van der Waals surface area (Å²) in [6.07, 6.45) is 45.0. The van der Waals surface area contributed by atoms with Crippen LogP contribution in [-0.4, -0.2) is 0 Å². The molecule has 8 nitrogen and oxygen atoms in total. The van der Waals surface area contributed by atoms with Gasteiger partial charge in [0.25, 0.3) is 25.2 Å². The van der Waals surface area contributed by atoms with E-state index in [1.165, 1.54) is 224 Å². The van der Waals surface area contributed by atoms with Crippen molar-refractivity contribution in [1.29, 1.82) is 0 Å². The van der Waals surface area contributed by atoms with Gasteiger partial charge >= 0.3 is 0 Å². The molecule has 4 heterocycles. The van der Waals surface area contributed by atoms with Crippen LogP contribution in [0, 0.1) is 0 Å². The molecule has 8 heteroatoms. The minimum atomic E-state index is -0.824. The molecule has 8 bridgehead atoms. The van der Waals surface area contributed by atoms with Crippen LogP contribution >= 0.6 is 0 Å². The zero-order valence-electron chi connectivity index (χ0n) is 66.3. The summed E-state index contributed by atoms with van der Waals surface area (Å²) in [5, 5.41) is 0. The molecule has 0 spiro atoms. The van der Waals surface area contributed by atoms with Crippen molar-refractivity contribution in [3.05, 3.63) is 237 Å². The van der Waals surface area contributed by atoms with Crippen LogP contribution in [-0.2, 0) is 0 Å². The Bertz CT molecular complexity index is 3350. The predicted octanol–water partition coefficient (Wildman–Crippen LogP) is 30.1. The second-order valence-corrected chi connectivity index (χ2v) is 32.3. The molecule has 0 amide bonds. The molecule has 8 aromatic rings. The predicted molar refractivity (Wildman–Crippen MR) is 442 cm³/mol. The van der Waals surface area contributed by atoms with Crippen LogP contribution < -0.4 is 37.9 Å². The van der Waals surface area contributed by atoms with E-state index in [9.17, 15) is 0 Å². The van der Waals surface area contributed by atoms with Gasteiger partial charge < -0.3 is 37.9 Å². The Labute approximate surface area is 650 Å². The van der Waals surface area contributed by atoms with Crippen LogP contribution in [0.2, 0.25) is 0 Å². The summed E-state index contributed by atoms with van der Waals surface area (Å²) in [7, 11) is 0. The van der Waals surface area contributed by atoms with Gasteiger partial charge in [-0.15, -0.1) is 0 Å². The lowest BCUT2D eigenvalue weighted by atomic mass is 9.76. The first-order chi connectivity index (χ1) is 53.5. The number of hydrogen-bond acceptors (Lipinski definition) is 8.